The Morgan fingerprint density at radius 3 is 2.30 bits per heavy atom. The van der Waals surface area contributed by atoms with Crippen molar-refractivity contribution in [2.24, 2.45) is 4.99 Å². The standard InChI is InChI=1S/C19H25N/c1-13-11-14(2)18(12-13)17-10-8-7-9-16(17)15(3)20-19(4,5)6/h7-11H,12H2,1-6H3. The zero-order valence-electron chi connectivity index (χ0n) is 13.5. The molecule has 1 aliphatic carbocycles. The number of aliphatic imine (C=N–C) groups is 1. The lowest BCUT2D eigenvalue weighted by Crippen LogP contribution is -2.14. The van der Waals surface area contributed by atoms with Gasteiger partial charge >= 0.3 is 0 Å². The molecule has 106 valence electrons. The van der Waals surface area contributed by atoms with E-state index in [0.717, 1.165) is 12.1 Å². The van der Waals surface area contributed by atoms with E-state index in [0.29, 0.717) is 0 Å². The molecule has 0 aromatic heterocycles. The number of rotatable bonds is 2. The Morgan fingerprint density at radius 1 is 1.10 bits per heavy atom. The molecule has 0 radical (unpaired) electrons. The van der Waals surface area contributed by atoms with Crippen LogP contribution in [0.4, 0.5) is 0 Å². The molecule has 2 rings (SSSR count). The Balaban J connectivity index is 2.49. The van der Waals surface area contributed by atoms with Crippen LogP contribution in [0.2, 0.25) is 0 Å². The third kappa shape index (κ3) is 3.27. The van der Waals surface area contributed by atoms with Gasteiger partial charge in [0.2, 0.25) is 0 Å². The minimum Gasteiger partial charge on any atom is -0.284 e. The van der Waals surface area contributed by atoms with Crippen LogP contribution in [0.15, 0.2) is 46.5 Å². The number of nitrogens with zero attached hydrogens (tertiary/aromatic N) is 1. The first-order chi connectivity index (χ1) is 9.28. The SMILES string of the molecule is CC1=CC(C)=C(c2ccccc2C(C)=NC(C)(C)C)C1. The molecule has 0 amide bonds. The largest absolute Gasteiger partial charge is 0.284 e. The van der Waals surface area contributed by atoms with Crippen LogP contribution in [0.5, 0.6) is 0 Å². The van der Waals surface area contributed by atoms with Gasteiger partial charge < -0.3 is 0 Å². The van der Waals surface area contributed by atoms with Crippen molar-refractivity contribution in [1.82, 2.24) is 0 Å². The first kappa shape index (κ1) is 14.8. The first-order valence-corrected chi connectivity index (χ1v) is 7.31. The summed E-state index contributed by atoms with van der Waals surface area (Å²) in [6, 6.07) is 8.64. The predicted molar refractivity (Wildman–Crippen MR) is 89.4 cm³/mol. The molecule has 0 saturated carbocycles. The number of hydrogen-bond acceptors (Lipinski definition) is 1. The fraction of sp³-hybridized carbons (Fsp3) is 0.421. The highest BCUT2D eigenvalue weighted by atomic mass is 14.8. The molecule has 20 heavy (non-hydrogen) atoms. The lowest BCUT2D eigenvalue weighted by atomic mass is 9.93. The maximum absolute atomic E-state index is 4.83. The first-order valence-electron chi connectivity index (χ1n) is 7.31. The quantitative estimate of drug-likeness (QED) is 0.635. The van der Waals surface area contributed by atoms with Gasteiger partial charge in [-0.3, -0.25) is 4.99 Å². The van der Waals surface area contributed by atoms with Crippen molar-refractivity contribution >= 4 is 11.3 Å². The van der Waals surface area contributed by atoms with Gasteiger partial charge in [-0.1, -0.05) is 35.9 Å². The van der Waals surface area contributed by atoms with Gasteiger partial charge in [0.05, 0.1) is 5.54 Å². The fourth-order valence-corrected chi connectivity index (χ4v) is 2.86. The van der Waals surface area contributed by atoms with Crippen molar-refractivity contribution in [1.29, 1.82) is 0 Å². The fourth-order valence-electron chi connectivity index (χ4n) is 2.86. The molecule has 1 aromatic rings. The van der Waals surface area contributed by atoms with Crippen LogP contribution < -0.4 is 0 Å². The molecule has 0 aliphatic heterocycles. The van der Waals surface area contributed by atoms with E-state index in [2.05, 4.69) is 71.9 Å². The summed E-state index contributed by atoms with van der Waals surface area (Å²) in [5.74, 6) is 0. The van der Waals surface area contributed by atoms with E-state index in [9.17, 15) is 0 Å². The molecule has 0 saturated heterocycles. The van der Waals surface area contributed by atoms with Gasteiger partial charge in [0.1, 0.15) is 0 Å². The second-order valence-corrected chi connectivity index (χ2v) is 6.74. The van der Waals surface area contributed by atoms with E-state index in [1.54, 1.807) is 0 Å². The topological polar surface area (TPSA) is 12.4 Å². The summed E-state index contributed by atoms with van der Waals surface area (Å²) in [6.07, 6.45) is 3.36. The van der Waals surface area contributed by atoms with Gasteiger partial charge in [-0.25, -0.2) is 0 Å². The molecule has 1 aliphatic rings. The lowest BCUT2D eigenvalue weighted by molar-refractivity contribution is 0.584. The van der Waals surface area contributed by atoms with Crippen LogP contribution in [0, 0.1) is 0 Å². The third-order valence-electron chi connectivity index (χ3n) is 3.54. The number of allylic oxidation sites excluding steroid dienone is 4. The molecule has 0 spiro atoms. The smallest absolute Gasteiger partial charge is 0.0527 e. The molecule has 1 nitrogen and oxygen atoms in total. The second-order valence-electron chi connectivity index (χ2n) is 6.74. The van der Waals surface area contributed by atoms with E-state index in [1.807, 2.05) is 0 Å². The van der Waals surface area contributed by atoms with E-state index in [-0.39, 0.29) is 5.54 Å². The molecule has 0 bridgehead atoms. The summed E-state index contributed by atoms with van der Waals surface area (Å²) in [6.45, 7) is 13.0. The maximum atomic E-state index is 4.83. The number of benzene rings is 1. The van der Waals surface area contributed by atoms with Gasteiger partial charge in [0.15, 0.2) is 0 Å². The maximum Gasteiger partial charge on any atom is 0.0527 e. The molecule has 1 aromatic carbocycles. The zero-order chi connectivity index (χ0) is 14.9. The average molecular weight is 267 g/mol. The van der Waals surface area contributed by atoms with Crippen molar-refractivity contribution in [3.05, 3.63) is 52.6 Å². The van der Waals surface area contributed by atoms with Crippen LogP contribution in [-0.2, 0) is 0 Å². The van der Waals surface area contributed by atoms with Gasteiger partial charge in [-0.2, -0.15) is 0 Å². The molecule has 0 atom stereocenters. The molecule has 0 fully saturated rings. The van der Waals surface area contributed by atoms with Crippen molar-refractivity contribution < 1.29 is 0 Å². The normalized spacial score (nSPS) is 16.7. The van der Waals surface area contributed by atoms with Gasteiger partial charge in [0.25, 0.3) is 0 Å². The molecule has 0 N–H and O–H groups in total. The van der Waals surface area contributed by atoms with Crippen LogP contribution in [0.3, 0.4) is 0 Å². The second kappa shape index (κ2) is 5.40. The summed E-state index contributed by atoms with van der Waals surface area (Å²) < 4.78 is 0. The van der Waals surface area contributed by atoms with E-state index in [4.69, 9.17) is 4.99 Å². The lowest BCUT2D eigenvalue weighted by Gasteiger charge is -2.17. The highest BCUT2D eigenvalue weighted by Gasteiger charge is 2.17. The van der Waals surface area contributed by atoms with Crippen molar-refractivity contribution in [2.75, 3.05) is 0 Å². The van der Waals surface area contributed by atoms with Crippen LogP contribution in [0.25, 0.3) is 5.57 Å². The van der Waals surface area contributed by atoms with Crippen LogP contribution in [0.1, 0.15) is 59.1 Å². The highest BCUT2D eigenvalue weighted by Crippen LogP contribution is 2.34. The minimum absolute atomic E-state index is 0.0372. The third-order valence-corrected chi connectivity index (χ3v) is 3.54. The predicted octanol–water partition coefficient (Wildman–Crippen LogP) is 5.42. The number of hydrogen-bond donors (Lipinski definition) is 0. The van der Waals surface area contributed by atoms with Gasteiger partial charge in [0, 0.05) is 11.3 Å². The van der Waals surface area contributed by atoms with E-state index < -0.39 is 0 Å². The molecular weight excluding hydrogens is 242 g/mol. The van der Waals surface area contributed by atoms with E-state index >= 15 is 0 Å². The zero-order valence-corrected chi connectivity index (χ0v) is 13.5. The monoisotopic (exact) mass is 267 g/mol. The van der Waals surface area contributed by atoms with Crippen molar-refractivity contribution in [3.8, 4) is 0 Å². The van der Waals surface area contributed by atoms with Crippen molar-refractivity contribution in [2.45, 2.75) is 53.5 Å². The average Bonchev–Trinajstić information content (AvgIpc) is 2.66. The van der Waals surface area contributed by atoms with Gasteiger partial charge in [-0.05, 0) is 64.7 Å². The molecule has 1 heteroatoms. The van der Waals surface area contributed by atoms with Crippen LogP contribution >= 0.6 is 0 Å². The summed E-state index contributed by atoms with van der Waals surface area (Å²) in [4.78, 5) is 4.83. The van der Waals surface area contributed by atoms with Gasteiger partial charge in [-0.15, -0.1) is 0 Å². The Labute approximate surface area is 123 Å². The Bertz CT molecular complexity index is 607. The Morgan fingerprint density at radius 2 is 1.75 bits per heavy atom. The summed E-state index contributed by atoms with van der Waals surface area (Å²) >= 11 is 0. The summed E-state index contributed by atoms with van der Waals surface area (Å²) in [5.41, 5.74) is 7.96. The molecular formula is C19H25N. The molecule has 0 heterocycles. The Kier molecular flexibility index (Phi) is 3.99. The molecule has 0 unspecified atom stereocenters. The Hall–Kier alpha value is -1.63. The minimum atomic E-state index is -0.0372. The summed E-state index contributed by atoms with van der Waals surface area (Å²) in [7, 11) is 0. The highest BCUT2D eigenvalue weighted by molar-refractivity contribution is 6.03. The summed E-state index contributed by atoms with van der Waals surface area (Å²) in [5, 5.41) is 0. The van der Waals surface area contributed by atoms with Crippen molar-refractivity contribution in [3.63, 3.8) is 0 Å². The van der Waals surface area contributed by atoms with Crippen LogP contribution in [-0.4, -0.2) is 11.3 Å². The van der Waals surface area contributed by atoms with E-state index in [1.165, 1.54) is 27.8 Å².